The van der Waals surface area contributed by atoms with Crippen molar-refractivity contribution in [3.05, 3.63) is 5.21 Å². The maximum Gasteiger partial charge on any atom is 0.190 e. The number of piperidine rings is 1. The summed E-state index contributed by atoms with van der Waals surface area (Å²) in [6, 6.07) is 0.198. The predicted molar refractivity (Wildman–Crippen MR) is 85.9 cm³/mol. The van der Waals surface area contributed by atoms with Crippen molar-refractivity contribution in [1.82, 2.24) is 4.90 Å². The molecule has 0 aromatic heterocycles. The van der Waals surface area contributed by atoms with Gasteiger partial charge in [-0.2, -0.15) is 0 Å². The van der Waals surface area contributed by atoms with Crippen LogP contribution in [0.5, 0.6) is 0 Å². The number of fused-ring (bicyclic) bond motifs is 1. The first-order chi connectivity index (χ1) is 11.0. The van der Waals surface area contributed by atoms with Crippen molar-refractivity contribution in [1.29, 1.82) is 0 Å². The molecule has 3 N–H and O–H groups in total. The molecule has 3 rings (SSSR count). The lowest BCUT2D eigenvalue weighted by atomic mass is 9.83. The molecular formula is C17H32N3O3+. The fourth-order valence-corrected chi connectivity index (χ4v) is 5.01. The van der Waals surface area contributed by atoms with Crippen LogP contribution in [0, 0.1) is 17.0 Å². The number of carbonyl (C=O) groups excluding carboxylic acids is 1. The van der Waals surface area contributed by atoms with Gasteiger partial charge in [-0.15, -0.1) is 0 Å². The van der Waals surface area contributed by atoms with Crippen LogP contribution >= 0.6 is 0 Å². The summed E-state index contributed by atoms with van der Waals surface area (Å²) in [6.45, 7) is 7.43. The van der Waals surface area contributed by atoms with Gasteiger partial charge in [0.15, 0.2) is 5.78 Å². The molecule has 1 saturated carbocycles. The van der Waals surface area contributed by atoms with Gasteiger partial charge in [-0.05, 0) is 32.1 Å². The number of hydroxylamine groups is 2. The van der Waals surface area contributed by atoms with Gasteiger partial charge in [0, 0.05) is 31.7 Å². The van der Waals surface area contributed by atoms with Crippen LogP contribution in [0.3, 0.4) is 0 Å². The molecule has 2 aliphatic heterocycles. The number of Topliss-reactive ketones (excluding diaryl/α,β-unsaturated/α-hetero) is 1. The first-order valence-electron chi connectivity index (χ1n) is 9.31. The molecule has 0 aromatic rings. The highest BCUT2D eigenvalue weighted by atomic mass is 16.8. The highest BCUT2D eigenvalue weighted by Crippen LogP contribution is 2.24. The number of hydrogen-bond acceptors (Lipinski definition) is 4. The van der Waals surface area contributed by atoms with Crippen LogP contribution in [0.15, 0.2) is 0 Å². The zero-order valence-corrected chi connectivity index (χ0v) is 14.5. The van der Waals surface area contributed by atoms with E-state index in [1.807, 2.05) is 0 Å². The molecule has 7 unspecified atom stereocenters. The lowest BCUT2D eigenvalue weighted by Crippen LogP contribution is -3.18. The second-order valence-corrected chi connectivity index (χ2v) is 8.17. The van der Waals surface area contributed by atoms with E-state index in [4.69, 9.17) is 0 Å². The summed E-state index contributed by atoms with van der Waals surface area (Å²) in [5.41, 5.74) is 0. The van der Waals surface area contributed by atoms with E-state index in [0.717, 1.165) is 38.3 Å². The first kappa shape index (κ1) is 17.3. The normalized spacial score (nSPS) is 43.1. The number of hydrogen-bond donors (Lipinski definition) is 3. The Labute approximate surface area is 138 Å². The summed E-state index contributed by atoms with van der Waals surface area (Å²) in [4.78, 5) is 16.8. The van der Waals surface area contributed by atoms with Gasteiger partial charge in [0.2, 0.25) is 0 Å². The van der Waals surface area contributed by atoms with Gasteiger partial charge in [-0.25, -0.2) is 15.3 Å². The standard InChI is InChI=1S/C17H31N3O3/c1-12-6-7-17-18(9-12)10-13(2)19(17)11-16(21)14-4-3-5-15(8-14)20(22)23/h12-15,17,20,22H,3-11H2,1-2H3/p+1. The summed E-state index contributed by atoms with van der Waals surface area (Å²) in [6.07, 6.45) is 6.01. The van der Waals surface area contributed by atoms with Crippen LogP contribution in [0.1, 0.15) is 52.4 Å². The Morgan fingerprint density at radius 1 is 1.26 bits per heavy atom. The molecule has 1 aliphatic carbocycles. The van der Waals surface area contributed by atoms with Crippen molar-refractivity contribution in [2.75, 3.05) is 19.6 Å². The van der Waals surface area contributed by atoms with Gasteiger partial charge in [-0.1, -0.05) is 6.92 Å². The van der Waals surface area contributed by atoms with Crippen LogP contribution in [0.4, 0.5) is 0 Å². The van der Waals surface area contributed by atoms with E-state index in [0.29, 0.717) is 31.0 Å². The number of carbonyl (C=O) groups is 1. The Bertz CT molecular complexity index is 431. The third-order valence-corrected chi connectivity index (χ3v) is 6.35. The summed E-state index contributed by atoms with van der Waals surface area (Å²) >= 11 is 0. The van der Waals surface area contributed by atoms with Crippen LogP contribution < -0.4 is 10.1 Å². The predicted octanol–water partition coefficient (Wildman–Crippen LogP) is -0.769. The van der Waals surface area contributed by atoms with Gasteiger partial charge in [0.25, 0.3) is 0 Å². The Morgan fingerprint density at radius 3 is 2.78 bits per heavy atom. The second-order valence-electron chi connectivity index (χ2n) is 8.17. The number of nitrogens with zero attached hydrogens (tertiary/aromatic N) is 1. The summed E-state index contributed by atoms with van der Waals surface area (Å²) in [7, 11) is 0. The molecule has 23 heavy (non-hydrogen) atoms. The quantitative estimate of drug-likeness (QED) is 0.594. The van der Waals surface area contributed by atoms with Crippen molar-refractivity contribution in [2.24, 2.45) is 11.8 Å². The lowest BCUT2D eigenvalue weighted by molar-refractivity contribution is -1.07. The highest BCUT2D eigenvalue weighted by Gasteiger charge is 2.45. The number of ketones is 1. The minimum absolute atomic E-state index is 0.0267. The zero-order chi connectivity index (χ0) is 16.6. The van der Waals surface area contributed by atoms with Gasteiger partial charge in [0.05, 0.1) is 12.6 Å². The molecule has 2 saturated heterocycles. The molecule has 0 spiro atoms. The summed E-state index contributed by atoms with van der Waals surface area (Å²) in [5, 5.41) is 19.7. The van der Waals surface area contributed by atoms with Crippen LogP contribution in [-0.2, 0) is 4.79 Å². The molecule has 132 valence electrons. The minimum Gasteiger partial charge on any atom is -0.600 e. The van der Waals surface area contributed by atoms with Crippen molar-refractivity contribution in [3.63, 3.8) is 0 Å². The molecule has 3 aliphatic rings. The monoisotopic (exact) mass is 326 g/mol. The summed E-state index contributed by atoms with van der Waals surface area (Å²) < 4.78 is 0. The van der Waals surface area contributed by atoms with E-state index >= 15 is 0 Å². The first-order valence-corrected chi connectivity index (χ1v) is 9.31. The molecule has 0 amide bonds. The zero-order valence-electron chi connectivity index (χ0n) is 14.5. The number of rotatable bonds is 4. The maximum atomic E-state index is 12.8. The van der Waals surface area contributed by atoms with Crippen LogP contribution in [0.25, 0.3) is 0 Å². The second kappa shape index (κ2) is 7.15. The van der Waals surface area contributed by atoms with Gasteiger partial charge < -0.3 is 10.1 Å². The maximum absolute atomic E-state index is 12.8. The SMILES string of the molecule is CC1CCC2N(C1)CC(C)[NH+]2CC(=O)C1CCCC([NH+]([O-])O)C1. The number of quaternary nitrogens is 2. The topological polar surface area (TPSA) is 72.5 Å². The van der Waals surface area contributed by atoms with E-state index in [1.165, 1.54) is 17.7 Å². The average Bonchev–Trinajstić information content (AvgIpc) is 2.82. The largest absolute Gasteiger partial charge is 0.600 e. The molecule has 6 heteroatoms. The highest BCUT2D eigenvalue weighted by molar-refractivity contribution is 5.82. The Balaban J connectivity index is 1.59. The molecule has 7 atom stereocenters. The molecule has 0 aromatic carbocycles. The average molecular weight is 326 g/mol. The number of nitrogens with one attached hydrogen (secondary N) is 2. The van der Waals surface area contributed by atoms with Crippen LogP contribution in [0.2, 0.25) is 0 Å². The third kappa shape index (κ3) is 3.77. The van der Waals surface area contributed by atoms with Gasteiger partial charge >= 0.3 is 0 Å². The van der Waals surface area contributed by atoms with Crippen molar-refractivity contribution >= 4 is 5.78 Å². The minimum atomic E-state index is -0.725. The smallest absolute Gasteiger partial charge is 0.190 e. The van der Waals surface area contributed by atoms with Gasteiger partial charge in [0.1, 0.15) is 18.8 Å². The molecule has 3 fully saturated rings. The van der Waals surface area contributed by atoms with E-state index in [9.17, 15) is 15.2 Å². The van der Waals surface area contributed by atoms with Crippen molar-refractivity contribution in [2.45, 2.75) is 70.6 Å². The lowest BCUT2D eigenvalue weighted by Gasteiger charge is -2.35. The Hall–Kier alpha value is -0.530. The third-order valence-electron chi connectivity index (χ3n) is 6.35. The Kier molecular flexibility index (Phi) is 5.38. The van der Waals surface area contributed by atoms with E-state index in [-0.39, 0.29) is 12.0 Å². The van der Waals surface area contributed by atoms with Gasteiger partial charge in [-0.3, -0.25) is 4.79 Å². The Morgan fingerprint density at radius 2 is 2.04 bits per heavy atom. The fraction of sp³-hybridized carbons (Fsp3) is 0.941. The van der Waals surface area contributed by atoms with E-state index in [2.05, 4.69) is 18.7 Å². The molecule has 0 bridgehead atoms. The summed E-state index contributed by atoms with van der Waals surface area (Å²) in [5.74, 6) is 1.04. The van der Waals surface area contributed by atoms with Crippen molar-refractivity contribution in [3.8, 4) is 0 Å². The van der Waals surface area contributed by atoms with E-state index in [1.54, 1.807) is 0 Å². The van der Waals surface area contributed by atoms with Crippen molar-refractivity contribution < 1.29 is 20.1 Å². The molecule has 0 radical (unpaired) electrons. The molecule has 2 heterocycles. The molecular weight excluding hydrogens is 294 g/mol. The van der Waals surface area contributed by atoms with Crippen LogP contribution in [-0.4, -0.2) is 53.8 Å². The molecule has 6 nitrogen and oxygen atoms in total. The fourth-order valence-electron chi connectivity index (χ4n) is 5.01. The van der Waals surface area contributed by atoms with E-state index < -0.39 is 5.23 Å².